The first kappa shape index (κ1) is 25.7. The summed E-state index contributed by atoms with van der Waals surface area (Å²) in [6.45, 7) is 6.45. The third-order valence-electron chi connectivity index (χ3n) is 4.55. The number of nitrogens with one attached hydrogen (secondary N) is 1. The van der Waals surface area contributed by atoms with E-state index in [9.17, 15) is 19.2 Å². The van der Waals surface area contributed by atoms with E-state index in [1.807, 2.05) is 4.90 Å². The molecule has 2 rings (SSSR count). The first-order valence-corrected chi connectivity index (χ1v) is 10.4. The lowest BCUT2D eigenvalue weighted by molar-refractivity contribution is -0.255. The molecule has 1 N–H and O–H groups in total. The number of thiocarbonyl (C=S) groups is 1. The van der Waals surface area contributed by atoms with Gasteiger partial charge in [-0.2, -0.15) is 0 Å². The van der Waals surface area contributed by atoms with Crippen LogP contribution in [0.1, 0.15) is 27.7 Å². The highest BCUT2D eigenvalue weighted by atomic mass is 32.1. The molecule has 0 amide bonds. The Morgan fingerprint density at radius 3 is 1.94 bits per heavy atom. The molecule has 2 aliphatic rings. The quantitative estimate of drug-likeness (QED) is 0.293. The molecular weight excluding hydrogens is 448 g/mol. The molecule has 5 atom stereocenters. The van der Waals surface area contributed by atoms with Gasteiger partial charge >= 0.3 is 23.9 Å². The first-order valence-electron chi connectivity index (χ1n) is 10.0. The molecule has 0 saturated carbocycles. The zero-order valence-corrected chi connectivity index (χ0v) is 19.2. The fraction of sp³-hybridized carbons (Fsp3) is 0.737. The van der Waals surface area contributed by atoms with E-state index in [2.05, 4.69) is 5.32 Å². The Morgan fingerprint density at radius 1 is 0.875 bits per heavy atom. The van der Waals surface area contributed by atoms with Gasteiger partial charge in [-0.3, -0.25) is 19.2 Å². The van der Waals surface area contributed by atoms with E-state index in [1.165, 1.54) is 13.8 Å². The van der Waals surface area contributed by atoms with Crippen molar-refractivity contribution >= 4 is 41.2 Å². The number of morpholine rings is 1. The third kappa shape index (κ3) is 7.57. The number of hydrogen-bond donors (Lipinski definition) is 1. The van der Waals surface area contributed by atoms with Crippen LogP contribution >= 0.6 is 12.2 Å². The Hall–Kier alpha value is -2.51. The molecule has 2 aliphatic heterocycles. The lowest BCUT2D eigenvalue weighted by atomic mass is 9.97. The lowest BCUT2D eigenvalue weighted by Crippen LogP contribution is -2.67. The fourth-order valence-electron chi connectivity index (χ4n) is 3.32. The van der Waals surface area contributed by atoms with Crippen LogP contribution in [0.15, 0.2) is 0 Å². The van der Waals surface area contributed by atoms with Crippen molar-refractivity contribution in [3.8, 4) is 0 Å². The molecule has 13 heteroatoms. The van der Waals surface area contributed by atoms with E-state index < -0.39 is 54.5 Å². The standard InChI is InChI=1S/C19H28N2O10S/c1-10(22)27-9-14-15(28-11(2)23)16(29-12(3)24)17(30-13(4)25)18(31-14)20-19(32)21-5-7-26-8-6-21/h14-18H,5-9H2,1-4H3,(H,20,32)/t14-,15-,16-,17+,18-/m0/s1. The van der Waals surface area contributed by atoms with Crippen LogP contribution in [0.4, 0.5) is 0 Å². The zero-order chi connectivity index (χ0) is 23.8. The van der Waals surface area contributed by atoms with Gasteiger partial charge in [0.15, 0.2) is 29.7 Å². The molecule has 0 aromatic rings. The zero-order valence-electron chi connectivity index (χ0n) is 18.4. The van der Waals surface area contributed by atoms with Gasteiger partial charge in [0.2, 0.25) is 0 Å². The maximum atomic E-state index is 11.8. The van der Waals surface area contributed by atoms with Crippen LogP contribution in [-0.2, 0) is 47.6 Å². The minimum Gasteiger partial charge on any atom is -0.463 e. The minimum atomic E-state index is -1.25. The van der Waals surface area contributed by atoms with Crippen LogP contribution in [0.3, 0.4) is 0 Å². The second kappa shape index (κ2) is 11.9. The molecule has 12 nitrogen and oxygen atoms in total. The van der Waals surface area contributed by atoms with Crippen LogP contribution in [0, 0.1) is 0 Å². The fourth-order valence-corrected chi connectivity index (χ4v) is 3.62. The largest absolute Gasteiger partial charge is 0.463 e. The maximum absolute atomic E-state index is 11.8. The van der Waals surface area contributed by atoms with Crippen LogP contribution in [0.25, 0.3) is 0 Å². The van der Waals surface area contributed by atoms with Crippen molar-refractivity contribution in [2.45, 2.75) is 58.3 Å². The van der Waals surface area contributed by atoms with Crippen LogP contribution in [-0.4, -0.2) is 97.4 Å². The molecule has 2 heterocycles. The van der Waals surface area contributed by atoms with E-state index in [1.54, 1.807) is 0 Å². The molecule has 0 spiro atoms. The lowest BCUT2D eigenvalue weighted by Gasteiger charge is -2.45. The van der Waals surface area contributed by atoms with Gasteiger partial charge in [-0.05, 0) is 12.2 Å². The van der Waals surface area contributed by atoms with E-state index in [0.717, 1.165) is 13.8 Å². The van der Waals surface area contributed by atoms with Crippen molar-refractivity contribution in [3.05, 3.63) is 0 Å². The summed E-state index contributed by atoms with van der Waals surface area (Å²) in [6, 6.07) is 0. The Balaban J connectivity index is 2.35. The third-order valence-corrected chi connectivity index (χ3v) is 4.93. The highest BCUT2D eigenvalue weighted by Gasteiger charge is 2.52. The van der Waals surface area contributed by atoms with Crippen molar-refractivity contribution in [2.75, 3.05) is 32.9 Å². The molecule has 2 saturated heterocycles. The van der Waals surface area contributed by atoms with Crippen molar-refractivity contribution in [2.24, 2.45) is 0 Å². The summed E-state index contributed by atoms with van der Waals surface area (Å²) in [4.78, 5) is 48.6. The number of ether oxygens (including phenoxy) is 6. The summed E-state index contributed by atoms with van der Waals surface area (Å²) in [6.07, 6.45) is -5.81. The molecule has 0 aromatic carbocycles. The SMILES string of the molecule is CC(=O)OC[C@@H]1O[C@H](NC(=S)N2CCOCC2)[C@H](OC(C)=O)[C@@H](OC(C)=O)[C@H]1OC(C)=O. The number of rotatable bonds is 6. The number of nitrogens with zero attached hydrogens (tertiary/aromatic N) is 1. The van der Waals surface area contributed by atoms with Crippen molar-refractivity contribution in [1.29, 1.82) is 0 Å². The predicted octanol–water partition coefficient (Wildman–Crippen LogP) is -0.724. The second-order valence-electron chi connectivity index (χ2n) is 7.17. The van der Waals surface area contributed by atoms with E-state index in [4.69, 9.17) is 40.6 Å². The molecule has 0 aromatic heterocycles. The summed E-state index contributed by atoms with van der Waals surface area (Å²) in [5.41, 5.74) is 0. The number of hydrogen-bond acceptors (Lipinski definition) is 11. The van der Waals surface area contributed by atoms with Gasteiger partial charge in [-0.1, -0.05) is 0 Å². The van der Waals surface area contributed by atoms with Gasteiger partial charge < -0.3 is 38.6 Å². The molecule has 0 radical (unpaired) electrons. The summed E-state index contributed by atoms with van der Waals surface area (Å²) in [5, 5.41) is 3.27. The second-order valence-corrected chi connectivity index (χ2v) is 7.56. The molecule has 0 bridgehead atoms. The predicted molar refractivity (Wildman–Crippen MR) is 110 cm³/mol. The van der Waals surface area contributed by atoms with Crippen molar-refractivity contribution < 1.29 is 47.6 Å². The van der Waals surface area contributed by atoms with E-state index in [-0.39, 0.29) is 6.61 Å². The van der Waals surface area contributed by atoms with Crippen molar-refractivity contribution in [3.63, 3.8) is 0 Å². The summed E-state index contributed by atoms with van der Waals surface area (Å²) in [5.74, 6) is -2.66. The average Bonchev–Trinajstić information content (AvgIpc) is 2.70. The summed E-state index contributed by atoms with van der Waals surface area (Å²) in [7, 11) is 0. The van der Waals surface area contributed by atoms with Crippen LogP contribution < -0.4 is 5.32 Å². The Kier molecular flexibility index (Phi) is 9.60. The molecule has 180 valence electrons. The van der Waals surface area contributed by atoms with Gasteiger partial charge in [0.25, 0.3) is 0 Å². The molecule has 2 fully saturated rings. The Morgan fingerprint density at radius 2 is 1.41 bits per heavy atom. The van der Waals surface area contributed by atoms with Gasteiger partial charge in [0.05, 0.1) is 13.2 Å². The molecule has 0 aliphatic carbocycles. The summed E-state index contributed by atoms with van der Waals surface area (Å²) >= 11 is 5.45. The highest BCUT2D eigenvalue weighted by molar-refractivity contribution is 7.80. The van der Waals surface area contributed by atoms with E-state index in [0.29, 0.717) is 31.4 Å². The topological polar surface area (TPSA) is 139 Å². The summed E-state index contributed by atoms with van der Waals surface area (Å²) < 4.78 is 32.4. The van der Waals surface area contributed by atoms with Gasteiger partial charge in [-0.15, -0.1) is 0 Å². The smallest absolute Gasteiger partial charge is 0.303 e. The first-order chi connectivity index (χ1) is 15.1. The van der Waals surface area contributed by atoms with Crippen LogP contribution in [0.5, 0.6) is 0 Å². The monoisotopic (exact) mass is 476 g/mol. The number of carbonyl (C=O) groups excluding carboxylic acids is 4. The molecular formula is C19H28N2O10S. The van der Waals surface area contributed by atoms with Gasteiger partial charge in [-0.25, -0.2) is 0 Å². The average molecular weight is 477 g/mol. The normalized spacial score (nSPS) is 27.6. The molecule has 0 unspecified atom stereocenters. The number of carbonyl (C=O) groups is 4. The minimum absolute atomic E-state index is 0.300. The van der Waals surface area contributed by atoms with Crippen LogP contribution in [0.2, 0.25) is 0 Å². The van der Waals surface area contributed by atoms with E-state index >= 15 is 0 Å². The molecule has 32 heavy (non-hydrogen) atoms. The Bertz CT molecular complexity index is 727. The highest BCUT2D eigenvalue weighted by Crippen LogP contribution is 2.28. The maximum Gasteiger partial charge on any atom is 0.303 e. The van der Waals surface area contributed by atoms with Gasteiger partial charge in [0.1, 0.15) is 12.7 Å². The van der Waals surface area contributed by atoms with Gasteiger partial charge in [0, 0.05) is 40.8 Å². The van der Waals surface area contributed by atoms with Crippen molar-refractivity contribution in [1.82, 2.24) is 10.2 Å². The Labute approximate surface area is 190 Å². The number of esters is 4.